The molecule has 0 saturated carbocycles. The molecule has 0 radical (unpaired) electrons. The van der Waals surface area contributed by atoms with Gasteiger partial charge in [0.1, 0.15) is 0 Å². The van der Waals surface area contributed by atoms with Gasteiger partial charge in [0.05, 0.1) is 5.60 Å². The minimum absolute atomic E-state index is 0.1000. The molecule has 1 amide bonds. The van der Waals surface area contributed by atoms with Crippen molar-refractivity contribution >= 4 is 5.91 Å². The molecular formula is C15H21NO2. The van der Waals surface area contributed by atoms with Gasteiger partial charge in [0.2, 0.25) is 0 Å². The second-order valence-electron chi connectivity index (χ2n) is 5.30. The lowest BCUT2D eigenvalue weighted by Gasteiger charge is -2.36. The Hall–Kier alpha value is -1.35. The maximum absolute atomic E-state index is 12.4. The summed E-state index contributed by atoms with van der Waals surface area (Å²) < 4.78 is 0. The van der Waals surface area contributed by atoms with Crippen molar-refractivity contribution in [1.29, 1.82) is 0 Å². The Kier molecular flexibility index (Phi) is 3.71. The number of hydrogen-bond donors (Lipinski definition) is 1. The Morgan fingerprint density at radius 3 is 2.56 bits per heavy atom. The summed E-state index contributed by atoms with van der Waals surface area (Å²) in [6.45, 7) is 5.19. The number of benzene rings is 1. The van der Waals surface area contributed by atoms with Crippen LogP contribution in [-0.4, -0.2) is 34.6 Å². The first-order valence-electron chi connectivity index (χ1n) is 6.63. The van der Waals surface area contributed by atoms with Crippen molar-refractivity contribution in [3.63, 3.8) is 0 Å². The second kappa shape index (κ2) is 5.11. The molecule has 3 nitrogen and oxygen atoms in total. The SMILES string of the molecule is CCc1ccccc1C(=O)N1CCC(C)(O)CC1. The van der Waals surface area contributed by atoms with Gasteiger partial charge in [0, 0.05) is 18.7 Å². The van der Waals surface area contributed by atoms with Crippen molar-refractivity contribution in [3.05, 3.63) is 35.4 Å². The van der Waals surface area contributed by atoms with Crippen LogP contribution in [0, 0.1) is 0 Å². The van der Waals surface area contributed by atoms with E-state index in [1.807, 2.05) is 36.1 Å². The predicted molar refractivity (Wildman–Crippen MR) is 71.6 cm³/mol. The lowest BCUT2D eigenvalue weighted by Crippen LogP contribution is -2.45. The van der Waals surface area contributed by atoms with E-state index < -0.39 is 5.60 Å². The van der Waals surface area contributed by atoms with E-state index in [0.29, 0.717) is 25.9 Å². The highest BCUT2D eigenvalue weighted by molar-refractivity contribution is 5.95. The van der Waals surface area contributed by atoms with E-state index in [-0.39, 0.29) is 5.91 Å². The molecule has 0 aliphatic carbocycles. The highest BCUT2D eigenvalue weighted by Gasteiger charge is 2.30. The van der Waals surface area contributed by atoms with E-state index in [4.69, 9.17) is 0 Å². The zero-order valence-electron chi connectivity index (χ0n) is 11.1. The fourth-order valence-corrected chi connectivity index (χ4v) is 2.40. The van der Waals surface area contributed by atoms with Crippen LogP contribution in [0.15, 0.2) is 24.3 Å². The maximum Gasteiger partial charge on any atom is 0.254 e. The van der Waals surface area contributed by atoms with E-state index in [9.17, 15) is 9.90 Å². The fourth-order valence-electron chi connectivity index (χ4n) is 2.40. The average Bonchev–Trinajstić information content (AvgIpc) is 2.38. The van der Waals surface area contributed by atoms with Gasteiger partial charge in [-0.15, -0.1) is 0 Å². The Morgan fingerprint density at radius 2 is 1.94 bits per heavy atom. The molecule has 0 aromatic heterocycles. The molecule has 1 aliphatic rings. The van der Waals surface area contributed by atoms with Gasteiger partial charge in [-0.2, -0.15) is 0 Å². The minimum atomic E-state index is -0.610. The number of piperidine rings is 1. The molecule has 0 unspecified atom stereocenters. The largest absolute Gasteiger partial charge is 0.390 e. The van der Waals surface area contributed by atoms with Crippen LogP contribution < -0.4 is 0 Å². The molecule has 1 aliphatic heterocycles. The zero-order valence-corrected chi connectivity index (χ0v) is 11.1. The van der Waals surface area contributed by atoms with Gasteiger partial charge >= 0.3 is 0 Å². The molecule has 1 N–H and O–H groups in total. The molecule has 0 spiro atoms. The van der Waals surface area contributed by atoms with Gasteiger partial charge in [-0.25, -0.2) is 0 Å². The normalized spacial score (nSPS) is 18.7. The molecular weight excluding hydrogens is 226 g/mol. The van der Waals surface area contributed by atoms with E-state index in [1.165, 1.54) is 0 Å². The van der Waals surface area contributed by atoms with Gasteiger partial charge < -0.3 is 10.0 Å². The second-order valence-corrected chi connectivity index (χ2v) is 5.30. The monoisotopic (exact) mass is 247 g/mol. The first-order valence-corrected chi connectivity index (χ1v) is 6.63. The summed E-state index contributed by atoms with van der Waals surface area (Å²) >= 11 is 0. The summed E-state index contributed by atoms with van der Waals surface area (Å²) in [5, 5.41) is 9.91. The van der Waals surface area contributed by atoms with Crippen LogP contribution in [0.1, 0.15) is 42.6 Å². The fraction of sp³-hybridized carbons (Fsp3) is 0.533. The number of carbonyl (C=O) groups is 1. The van der Waals surface area contributed by atoms with Crippen LogP contribution in [0.25, 0.3) is 0 Å². The zero-order chi connectivity index (χ0) is 13.2. The summed E-state index contributed by atoms with van der Waals surface area (Å²) in [5.74, 6) is 0.1000. The molecule has 1 heterocycles. The summed E-state index contributed by atoms with van der Waals surface area (Å²) in [4.78, 5) is 14.3. The van der Waals surface area contributed by atoms with Crippen LogP contribution in [0.2, 0.25) is 0 Å². The third-order valence-corrected chi connectivity index (χ3v) is 3.76. The number of hydrogen-bond acceptors (Lipinski definition) is 2. The standard InChI is InChI=1S/C15H21NO2/c1-3-12-6-4-5-7-13(12)14(17)16-10-8-15(2,18)9-11-16/h4-7,18H,3,8-11H2,1-2H3. The molecule has 1 saturated heterocycles. The number of carbonyl (C=O) groups excluding carboxylic acids is 1. The number of aryl methyl sites for hydroxylation is 1. The van der Waals surface area contributed by atoms with Gasteiger partial charge in [-0.1, -0.05) is 25.1 Å². The van der Waals surface area contributed by atoms with Crippen LogP contribution in [0.3, 0.4) is 0 Å². The molecule has 0 bridgehead atoms. The van der Waals surface area contributed by atoms with Crippen molar-refractivity contribution in [3.8, 4) is 0 Å². The number of likely N-dealkylation sites (tertiary alicyclic amines) is 1. The quantitative estimate of drug-likeness (QED) is 0.870. The topological polar surface area (TPSA) is 40.5 Å². The molecule has 0 atom stereocenters. The van der Waals surface area contributed by atoms with Crippen molar-refractivity contribution in [2.45, 2.75) is 38.7 Å². The highest BCUT2D eigenvalue weighted by Crippen LogP contribution is 2.23. The van der Waals surface area contributed by atoms with Crippen molar-refractivity contribution in [2.24, 2.45) is 0 Å². The Morgan fingerprint density at radius 1 is 1.33 bits per heavy atom. The summed E-state index contributed by atoms with van der Waals surface area (Å²) in [5.41, 5.74) is 1.29. The van der Waals surface area contributed by atoms with Crippen LogP contribution in [0.4, 0.5) is 0 Å². The maximum atomic E-state index is 12.4. The molecule has 1 aromatic rings. The molecule has 1 fully saturated rings. The van der Waals surface area contributed by atoms with E-state index in [0.717, 1.165) is 17.5 Å². The Labute approximate surface area is 108 Å². The minimum Gasteiger partial charge on any atom is -0.390 e. The first-order chi connectivity index (χ1) is 8.53. The van der Waals surface area contributed by atoms with Gasteiger partial charge in [-0.05, 0) is 37.8 Å². The number of nitrogens with zero attached hydrogens (tertiary/aromatic N) is 1. The Bertz CT molecular complexity index is 430. The molecule has 1 aromatic carbocycles. The molecule has 18 heavy (non-hydrogen) atoms. The third kappa shape index (κ3) is 2.72. The van der Waals surface area contributed by atoms with E-state index in [2.05, 4.69) is 6.92 Å². The lowest BCUT2D eigenvalue weighted by molar-refractivity contribution is -0.00204. The van der Waals surface area contributed by atoms with Crippen LogP contribution in [0.5, 0.6) is 0 Å². The smallest absolute Gasteiger partial charge is 0.254 e. The average molecular weight is 247 g/mol. The van der Waals surface area contributed by atoms with Gasteiger partial charge in [0.15, 0.2) is 0 Å². The molecule has 3 heteroatoms. The van der Waals surface area contributed by atoms with Crippen molar-refractivity contribution < 1.29 is 9.90 Å². The predicted octanol–water partition coefficient (Wildman–Crippen LogP) is 2.24. The van der Waals surface area contributed by atoms with Crippen LogP contribution >= 0.6 is 0 Å². The van der Waals surface area contributed by atoms with Crippen molar-refractivity contribution in [2.75, 3.05) is 13.1 Å². The van der Waals surface area contributed by atoms with Crippen molar-refractivity contribution in [1.82, 2.24) is 4.90 Å². The van der Waals surface area contributed by atoms with Crippen LogP contribution in [-0.2, 0) is 6.42 Å². The number of aliphatic hydroxyl groups is 1. The number of amides is 1. The van der Waals surface area contributed by atoms with Gasteiger partial charge in [-0.3, -0.25) is 4.79 Å². The summed E-state index contributed by atoms with van der Waals surface area (Å²) in [6.07, 6.45) is 2.19. The van der Waals surface area contributed by atoms with E-state index in [1.54, 1.807) is 0 Å². The lowest BCUT2D eigenvalue weighted by atomic mass is 9.93. The van der Waals surface area contributed by atoms with Gasteiger partial charge in [0.25, 0.3) is 5.91 Å². The molecule has 2 rings (SSSR count). The highest BCUT2D eigenvalue weighted by atomic mass is 16.3. The first kappa shape index (κ1) is 13.1. The Balaban J connectivity index is 2.13. The summed E-state index contributed by atoms with van der Waals surface area (Å²) in [7, 11) is 0. The molecule has 98 valence electrons. The summed E-state index contributed by atoms with van der Waals surface area (Å²) in [6, 6.07) is 7.78. The van der Waals surface area contributed by atoms with E-state index >= 15 is 0 Å². The number of rotatable bonds is 2. The third-order valence-electron chi connectivity index (χ3n) is 3.76.